The van der Waals surface area contributed by atoms with Gasteiger partial charge in [0.2, 0.25) is 0 Å². The number of nitrogens with one attached hydrogen (secondary N) is 1. The maximum absolute atomic E-state index is 13.0. The van der Waals surface area contributed by atoms with Gasteiger partial charge in [0.15, 0.2) is 5.65 Å². The lowest BCUT2D eigenvalue weighted by molar-refractivity contribution is 0.0167. The summed E-state index contributed by atoms with van der Waals surface area (Å²) >= 11 is 0. The Morgan fingerprint density at radius 1 is 1.11 bits per heavy atom. The molecule has 2 N–H and O–H groups in total. The van der Waals surface area contributed by atoms with Crippen LogP contribution in [0, 0.1) is 17.8 Å². The molecule has 5 atom stereocenters. The molecular formula is C20H28N4O3. The van der Waals surface area contributed by atoms with Gasteiger partial charge in [0.1, 0.15) is 11.3 Å². The van der Waals surface area contributed by atoms with Crippen LogP contribution in [0.15, 0.2) is 9.59 Å². The summed E-state index contributed by atoms with van der Waals surface area (Å²) < 4.78 is 3.01. The summed E-state index contributed by atoms with van der Waals surface area (Å²) in [5, 5.41) is 10.5. The second kappa shape index (κ2) is 5.80. The molecule has 0 radical (unpaired) electrons. The van der Waals surface area contributed by atoms with Crippen molar-refractivity contribution in [2.24, 2.45) is 17.8 Å². The summed E-state index contributed by atoms with van der Waals surface area (Å²) in [5.74, 6) is 2.10. The number of hydrogen-bond donors (Lipinski definition) is 2. The van der Waals surface area contributed by atoms with Gasteiger partial charge in [0, 0.05) is 18.5 Å². The molecule has 27 heavy (non-hydrogen) atoms. The number of imidazole rings is 1. The van der Waals surface area contributed by atoms with E-state index in [4.69, 9.17) is 4.98 Å². The minimum atomic E-state index is -0.253. The molecule has 2 aromatic heterocycles. The number of rotatable bonds is 5. The predicted molar refractivity (Wildman–Crippen MR) is 102 cm³/mol. The topological polar surface area (TPSA) is 92.9 Å². The number of hydrogen-bond acceptors (Lipinski definition) is 4. The zero-order chi connectivity index (χ0) is 18.9. The number of fused-ring (bicyclic) bond motifs is 1. The van der Waals surface area contributed by atoms with Crippen LogP contribution in [0.3, 0.4) is 0 Å². The van der Waals surface area contributed by atoms with Crippen molar-refractivity contribution in [3.8, 4) is 0 Å². The molecule has 4 aliphatic carbocycles. The van der Waals surface area contributed by atoms with Crippen LogP contribution in [0.25, 0.3) is 11.2 Å². The summed E-state index contributed by atoms with van der Waals surface area (Å²) in [4.78, 5) is 34.1. The highest BCUT2D eigenvalue weighted by atomic mass is 16.3. The number of aliphatic hydroxyl groups excluding tert-OH is 1. The van der Waals surface area contributed by atoms with E-state index in [1.165, 1.54) is 4.57 Å². The fourth-order valence-electron chi connectivity index (χ4n) is 6.34. The van der Waals surface area contributed by atoms with Crippen LogP contribution in [0.2, 0.25) is 0 Å². The summed E-state index contributed by atoms with van der Waals surface area (Å²) in [6.45, 7) is 4.98. The van der Waals surface area contributed by atoms with E-state index < -0.39 is 0 Å². The van der Waals surface area contributed by atoms with Crippen molar-refractivity contribution >= 4 is 11.2 Å². The van der Waals surface area contributed by atoms with E-state index >= 15 is 0 Å². The van der Waals surface area contributed by atoms with Gasteiger partial charge in [-0.3, -0.25) is 13.9 Å². The minimum Gasteiger partial charge on any atom is -0.393 e. The molecule has 4 saturated carbocycles. The largest absolute Gasteiger partial charge is 0.393 e. The van der Waals surface area contributed by atoms with Gasteiger partial charge in [-0.2, -0.15) is 0 Å². The summed E-state index contributed by atoms with van der Waals surface area (Å²) in [5.41, 5.74) is 0.419. The summed E-state index contributed by atoms with van der Waals surface area (Å²) in [6, 6.07) is 0. The quantitative estimate of drug-likeness (QED) is 0.836. The molecule has 7 nitrogen and oxygen atoms in total. The Balaban J connectivity index is 1.71. The van der Waals surface area contributed by atoms with E-state index in [1.807, 2.05) is 13.8 Å². The highest BCUT2D eigenvalue weighted by Crippen LogP contribution is 2.65. The standard InChI is InChI=1S/C20H28N4O3/c1-3-5-23-16-14(17(26)24(6-4-2)19(23)27)21-18(22-16)20-9-11-7-13(20)8-12(10-20)15(11)25/h11-13,15,25H,3-10H2,1-2H3,(H,21,22)/t11-,12+,13?,15?,20?. The molecule has 7 heteroatoms. The van der Waals surface area contributed by atoms with E-state index in [-0.39, 0.29) is 22.8 Å². The molecule has 146 valence electrons. The first kappa shape index (κ1) is 17.2. The molecule has 2 aromatic rings. The molecular weight excluding hydrogens is 344 g/mol. The van der Waals surface area contributed by atoms with Gasteiger partial charge >= 0.3 is 5.69 Å². The van der Waals surface area contributed by atoms with Crippen molar-refractivity contribution in [2.75, 3.05) is 0 Å². The molecule has 0 aromatic carbocycles. The summed E-state index contributed by atoms with van der Waals surface area (Å²) in [7, 11) is 0. The number of aromatic amines is 1. The molecule has 4 bridgehead atoms. The Bertz CT molecular complexity index is 1000. The van der Waals surface area contributed by atoms with Gasteiger partial charge in [0.05, 0.1) is 6.10 Å². The normalized spacial score (nSPS) is 34.2. The van der Waals surface area contributed by atoms with Crippen molar-refractivity contribution in [3.05, 3.63) is 26.7 Å². The van der Waals surface area contributed by atoms with Crippen molar-refractivity contribution in [2.45, 2.75) is 77.0 Å². The van der Waals surface area contributed by atoms with Crippen LogP contribution in [0.1, 0.15) is 58.2 Å². The first-order chi connectivity index (χ1) is 13.0. The van der Waals surface area contributed by atoms with Crippen LogP contribution >= 0.6 is 0 Å². The highest BCUT2D eigenvalue weighted by Gasteiger charge is 2.63. The molecule has 6 rings (SSSR count). The number of aliphatic hydroxyl groups is 1. The molecule has 2 heterocycles. The first-order valence-electron chi connectivity index (χ1n) is 10.4. The van der Waals surface area contributed by atoms with Gasteiger partial charge in [-0.25, -0.2) is 9.78 Å². The zero-order valence-corrected chi connectivity index (χ0v) is 16.1. The van der Waals surface area contributed by atoms with Gasteiger partial charge in [-0.15, -0.1) is 0 Å². The van der Waals surface area contributed by atoms with E-state index in [0.717, 1.165) is 44.3 Å². The molecule has 4 aliphatic rings. The van der Waals surface area contributed by atoms with Crippen LogP contribution < -0.4 is 11.2 Å². The Morgan fingerprint density at radius 2 is 1.74 bits per heavy atom. The smallest absolute Gasteiger partial charge is 0.332 e. The first-order valence-corrected chi connectivity index (χ1v) is 10.4. The fraction of sp³-hybridized carbons (Fsp3) is 0.750. The maximum Gasteiger partial charge on any atom is 0.332 e. The number of aromatic nitrogens is 4. The van der Waals surface area contributed by atoms with Crippen LogP contribution in [0.4, 0.5) is 0 Å². The third kappa shape index (κ3) is 2.15. The predicted octanol–water partition coefficient (Wildman–Crippen LogP) is 1.75. The lowest BCUT2D eigenvalue weighted by Crippen LogP contribution is -2.40. The number of nitrogens with zero attached hydrogens (tertiary/aromatic N) is 3. The van der Waals surface area contributed by atoms with Crippen LogP contribution in [-0.2, 0) is 18.5 Å². The van der Waals surface area contributed by atoms with Gasteiger partial charge in [0.25, 0.3) is 5.56 Å². The average molecular weight is 372 g/mol. The Morgan fingerprint density at radius 3 is 2.37 bits per heavy atom. The monoisotopic (exact) mass is 372 g/mol. The van der Waals surface area contributed by atoms with Gasteiger partial charge < -0.3 is 10.1 Å². The van der Waals surface area contributed by atoms with Gasteiger partial charge in [-0.05, 0) is 56.3 Å². The highest BCUT2D eigenvalue weighted by molar-refractivity contribution is 5.70. The Labute approximate surface area is 157 Å². The van der Waals surface area contributed by atoms with Gasteiger partial charge in [-0.1, -0.05) is 13.8 Å². The van der Waals surface area contributed by atoms with Crippen LogP contribution in [0.5, 0.6) is 0 Å². The molecule has 0 amide bonds. The molecule has 4 fully saturated rings. The Kier molecular flexibility index (Phi) is 3.70. The maximum atomic E-state index is 13.0. The lowest BCUT2D eigenvalue weighted by atomic mass is 9.73. The zero-order valence-electron chi connectivity index (χ0n) is 16.1. The fourth-order valence-corrected chi connectivity index (χ4v) is 6.34. The third-order valence-electron chi connectivity index (χ3n) is 7.40. The summed E-state index contributed by atoms with van der Waals surface area (Å²) in [6.07, 6.45) is 5.35. The lowest BCUT2D eigenvalue weighted by Gasteiger charge is -2.34. The molecule has 3 unspecified atom stereocenters. The van der Waals surface area contributed by atoms with Crippen molar-refractivity contribution in [1.29, 1.82) is 0 Å². The average Bonchev–Trinajstić information content (AvgIpc) is 3.29. The molecule has 0 saturated heterocycles. The molecule has 0 spiro atoms. The Hall–Kier alpha value is -1.89. The van der Waals surface area contributed by atoms with E-state index in [0.29, 0.717) is 42.0 Å². The van der Waals surface area contributed by atoms with Crippen molar-refractivity contribution in [1.82, 2.24) is 19.1 Å². The van der Waals surface area contributed by atoms with E-state index in [9.17, 15) is 14.7 Å². The third-order valence-corrected chi connectivity index (χ3v) is 7.40. The number of aryl methyl sites for hydroxylation is 1. The second-order valence-corrected chi connectivity index (χ2v) is 8.92. The van der Waals surface area contributed by atoms with Crippen molar-refractivity contribution < 1.29 is 5.11 Å². The minimum absolute atomic E-state index is 0.0529. The second-order valence-electron chi connectivity index (χ2n) is 8.92. The van der Waals surface area contributed by atoms with E-state index in [1.54, 1.807) is 4.57 Å². The van der Waals surface area contributed by atoms with Crippen molar-refractivity contribution in [3.63, 3.8) is 0 Å². The SMILES string of the molecule is CCCn1c(=O)c2[nH]c(C34C[C@H]5CC3C[C@@H](C4)C5O)nc2n(CCC)c1=O. The number of H-pyrrole nitrogens is 1. The van der Waals surface area contributed by atoms with E-state index in [2.05, 4.69) is 4.98 Å². The van der Waals surface area contributed by atoms with Crippen LogP contribution in [-0.4, -0.2) is 30.3 Å². The molecule has 0 aliphatic heterocycles.